The van der Waals surface area contributed by atoms with E-state index in [2.05, 4.69) is 9.97 Å². The summed E-state index contributed by atoms with van der Waals surface area (Å²) < 4.78 is 5.23. The summed E-state index contributed by atoms with van der Waals surface area (Å²) in [5, 5.41) is 11.6. The van der Waals surface area contributed by atoms with Crippen LogP contribution in [0.25, 0.3) is 0 Å². The van der Waals surface area contributed by atoms with Gasteiger partial charge in [0.15, 0.2) is 0 Å². The summed E-state index contributed by atoms with van der Waals surface area (Å²) >= 11 is 0. The first-order valence-corrected chi connectivity index (χ1v) is 9.46. The Labute approximate surface area is 159 Å². The molecule has 3 atom stereocenters. The number of benzene rings is 1. The van der Waals surface area contributed by atoms with Crippen molar-refractivity contribution >= 4 is 5.91 Å². The minimum absolute atomic E-state index is 0.0296. The van der Waals surface area contributed by atoms with Gasteiger partial charge in [0.25, 0.3) is 5.91 Å². The van der Waals surface area contributed by atoms with Gasteiger partial charge in [-0.25, -0.2) is 4.98 Å². The standard InChI is InChI=1S/C21H25N3O3/c1-14-10-23-19(11-22-14)20(25)24-12-15-4-3-9-21(26,18(15)13-24)16-5-7-17(27-2)8-6-16/h5-8,10-11,15,18,26H,3-4,9,12-13H2,1-2H3. The van der Waals surface area contributed by atoms with Crippen LogP contribution < -0.4 is 4.74 Å². The number of methoxy groups -OCH3 is 1. The van der Waals surface area contributed by atoms with E-state index < -0.39 is 5.60 Å². The normalized spacial score (nSPS) is 27.3. The van der Waals surface area contributed by atoms with E-state index in [0.717, 1.165) is 29.8 Å². The summed E-state index contributed by atoms with van der Waals surface area (Å²) in [5.41, 5.74) is 1.15. The maximum absolute atomic E-state index is 12.9. The largest absolute Gasteiger partial charge is 0.497 e. The van der Waals surface area contributed by atoms with Crippen molar-refractivity contribution in [1.82, 2.24) is 14.9 Å². The topological polar surface area (TPSA) is 75.6 Å². The number of aryl methyl sites for hydroxylation is 1. The zero-order chi connectivity index (χ0) is 19.0. The number of carbonyl (C=O) groups excluding carboxylic acids is 1. The summed E-state index contributed by atoms with van der Waals surface area (Å²) in [6, 6.07) is 7.65. The molecule has 27 heavy (non-hydrogen) atoms. The lowest BCUT2D eigenvalue weighted by molar-refractivity contribution is -0.0644. The van der Waals surface area contributed by atoms with Gasteiger partial charge < -0.3 is 14.7 Å². The van der Waals surface area contributed by atoms with Crippen LogP contribution in [-0.4, -0.2) is 46.1 Å². The minimum atomic E-state index is -0.914. The summed E-state index contributed by atoms with van der Waals surface area (Å²) in [6.45, 7) is 3.06. The van der Waals surface area contributed by atoms with Gasteiger partial charge in [0, 0.05) is 25.2 Å². The second kappa shape index (κ2) is 6.93. The molecule has 1 amide bonds. The van der Waals surface area contributed by atoms with E-state index in [9.17, 15) is 9.90 Å². The first-order valence-electron chi connectivity index (χ1n) is 9.46. The van der Waals surface area contributed by atoms with Crippen LogP contribution in [0.5, 0.6) is 5.75 Å². The van der Waals surface area contributed by atoms with E-state index in [1.165, 1.54) is 6.20 Å². The van der Waals surface area contributed by atoms with Gasteiger partial charge in [-0.05, 0) is 49.8 Å². The fourth-order valence-electron chi connectivity index (χ4n) is 4.59. The lowest BCUT2D eigenvalue weighted by Gasteiger charge is -2.41. The molecule has 2 heterocycles. The molecule has 0 spiro atoms. The first kappa shape index (κ1) is 17.9. The van der Waals surface area contributed by atoms with Crippen LogP contribution in [-0.2, 0) is 5.60 Å². The number of aromatic nitrogens is 2. The molecule has 1 aliphatic heterocycles. The van der Waals surface area contributed by atoms with E-state index >= 15 is 0 Å². The molecule has 0 radical (unpaired) electrons. The molecule has 4 rings (SSSR count). The third kappa shape index (κ3) is 3.18. The van der Waals surface area contributed by atoms with Crippen molar-refractivity contribution in [1.29, 1.82) is 0 Å². The predicted molar refractivity (Wildman–Crippen MR) is 100 cm³/mol. The van der Waals surface area contributed by atoms with Gasteiger partial charge in [-0.15, -0.1) is 0 Å². The van der Waals surface area contributed by atoms with E-state index in [4.69, 9.17) is 4.74 Å². The third-order valence-corrected chi connectivity index (χ3v) is 6.06. The second-order valence-corrected chi connectivity index (χ2v) is 7.66. The van der Waals surface area contributed by atoms with Crippen LogP contribution in [0.4, 0.5) is 0 Å². The Morgan fingerprint density at radius 1 is 1.22 bits per heavy atom. The molecule has 6 nitrogen and oxygen atoms in total. The zero-order valence-corrected chi connectivity index (χ0v) is 15.8. The summed E-state index contributed by atoms with van der Waals surface area (Å²) in [5.74, 6) is 1.00. The van der Waals surface area contributed by atoms with Crippen molar-refractivity contribution in [3.63, 3.8) is 0 Å². The van der Waals surface area contributed by atoms with Crippen LogP contribution in [0.15, 0.2) is 36.7 Å². The quantitative estimate of drug-likeness (QED) is 0.902. The third-order valence-electron chi connectivity index (χ3n) is 6.06. The van der Waals surface area contributed by atoms with Crippen LogP contribution in [0, 0.1) is 18.8 Å². The highest BCUT2D eigenvalue weighted by Crippen LogP contribution is 2.48. The highest BCUT2D eigenvalue weighted by Gasteiger charge is 2.50. The molecule has 6 heteroatoms. The van der Waals surface area contributed by atoms with Gasteiger partial charge in [-0.3, -0.25) is 9.78 Å². The maximum Gasteiger partial charge on any atom is 0.274 e. The predicted octanol–water partition coefficient (Wildman–Crippen LogP) is 2.55. The molecule has 3 unspecified atom stereocenters. The number of hydrogen-bond acceptors (Lipinski definition) is 5. The molecule has 1 saturated carbocycles. The Morgan fingerprint density at radius 3 is 2.67 bits per heavy atom. The molecule has 1 N–H and O–H groups in total. The number of ether oxygens (including phenoxy) is 1. The summed E-state index contributed by atoms with van der Waals surface area (Å²) in [7, 11) is 1.63. The van der Waals surface area contributed by atoms with E-state index in [1.54, 1.807) is 13.3 Å². The highest BCUT2D eigenvalue weighted by molar-refractivity contribution is 5.92. The molecule has 142 valence electrons. The lowest BCUT2D eigenvalue weighted by Crippen LogP contribution is -2.43. The van der Waals surface area contributed by atoms with Crippen LogP contribution in [0.3, 0.4) is 0 Å². The van der Waals surface area contributed by atoms with Crippen molar-refractivity contribution in [3.8, 4) is 5.75 Å². The molecular weight excluding hydrogens is 342 g/mol. The molecule has 1 saturated heterocycles. The molecule has 2 fully saturated rings. The first-order chi connectivity index (χ1) is 13.0. The van der Waals surface area contributed by atoms with Crippen molar-refractivity contribution in [3.05, 3.63) is 53.6 Å². The molecule has 2 aromatic rings. The van der Waals surface area contributed by atoms with Crippen molar-refractivity contribution in [2.75, 3.05) is 20.2 Å². The smallest absolute Gasteiger partial charge is 0.274 e. The Kier molecular flexibility index (Phi) is 4.60. The number of likely N-dealkylation sites (tertiary alicyclic amines) is 1. The second-order valence-electron chi connectivity index (χ2n) is 7.66. The highest BCUT2D eigenvalue weighted by atomic mass is 16.5. The van der Waals surface area contributed by atoms with Gasteiger partial charge in [0.05, 0.1) is 24.6 Å². The molecule has 1 aromatic heterocycles. The zero-order valence-electron chi connectivity index (χ0n) is 15.8. The monoisotopic (exact) mass is 367 g/mol. The molecule has 0 bridgehead atoms. The number of aliphatic hydroxyl groups is 1. The number of nitrogens with zero attached hydrogens (tertiary/aromatic N) is 3. The SMILES string of the molecule is COc1ccc(C2(O)CCCC3CN(C(=O)c4cnc(C)cn4)CC32)cc1. The Balaban J connectivity index is 1.57. The Morgan fingerprint density at radius 2 is 2.00 bits per heavy atom. The van der Waals surface area contributed by atoms with Crippen LogP contribution in [0.2, 0.25) is 0 Å². The van der Waals surface area contributed by atoms with Crippen molar-refractivity contribution in [2.45, 2.75) is 31.8 Å². The van der Waals surface area contributed by atoms with Gasteiger partial charge in [-0.1, -0.05) is 12.1 Å². The van der Waals surface area contributed by atoms with Crippen molar-refractivity contribution in [2.24, 2.45) is 11.8 Å². The molecule has 1 aromatic carbocycles. The fraction of sp³-hybridized carbons (Fsp3) is 0.476. The average molecular weight is 367 g/mol. The molecule has 2 aliphatic rings. The van der Waals surface area contributed by atoms with Gasteiger partial charge >= 0.3 is 0 Å². The van der Waals surface area contributed by atoms with Crippen LogP contribution >= 0.6 is 0 Å². The van der Waals surface area contributed by atoms with Gasteiger partial charge in [0.1, 0.15) is 11.4 Å². The minimum Gasteiger partial charge on any atom is -0.497 e. The van der Waals surface area contributed by atoms with Crippen molar-refractivity contribution < 1.29 is 14.6 Å². The number of amides is 1. The Bertz CT molecular complexity index is 822. The number of rotatable bonds is 3. The Hall–Kier alpha value is -2.47. The fourth-order valence-corrected chi connectivity index (χ4v) is 4.59. The summed E-state index contributed by atoms with van der Waals surface area (Å²) in [4.78, 5) is 23.1. The number of hydrogen-bond donors (Lipinski definition) is 1. The van der Waals surface area contributed by atoms with E-state index in [1.807, 2.05) is 36.1 Å². The summed E-state index contributed by atoms with van der Waals surface area (Å²) in [6.07, 6.45) is 5.86. The average Bonchev–Trinajstić information content (AvgIpc) is 3.14. The number of carbonyl (C=O) groups is 1. The van der Waals surface area contributed by atoms with Crippen LogP contribution in [0.1, 0.15) is 41.0 Å². The lowest BCUT2D eigenvalue weighted by atomic mass is 9.67. The number of fused-ring (bicyclic) bond motifs is 1. The maximum atomic E-state index is 12.9. The van der Waals surface area contributed by atoms with Gasteiger partial charge in [0.2, 0.25) is 0 Å². The molecular formula is C21H25N3O3. The van der Waals surface area contributed by atoms with E-state index in [0.29, 0.717) is 31.1 Å². The molecule has 1 aliphatic carbocycles. The van der Waals surface area contributed by atoms with E-state index in [-0.39, 0.29) is 11.8 Å². The van der Waals surface area contributed by atoms with Gasteiger partial charge in [-0.2, -0.15) is 0 Å².